The van der Waals surface area contributed by atoms with Gasteiger partial charge in [-0.15, -0.1) is 0 Å². The van der Waals surface area contributed by atoms with E-state index in [2.05, 4.69) is 21.5 Å². The van der Waals surface area contributed by atoms with Gasteiger partial charge in [0.1, 0.15) is 5.82 Å². The first-order chi connectivity index (χ1) is 9.62. The van der Waals surface area contributed by atoms with Crippen LogP contribution in [0.3, 0.4) is 0 Å². The second-order valence-corrected chi connectivity index (χ2v) is 6.80. The smallest absolute Gasteiger partial charge is 0.236 e. The summed E-state index contributed by atoms with van der Waals surface area (Å²) in [5.41, 5.74) is 6.01. The highest BCUT2D eigenvalue weighted by Gasteiger charge is 2.27. The minimum Gasteiger partial charge on any atom is -0.320 e. The number of anilines is 1. The van der Waals surface area contributed by atoms with E-state index in [1.165, 1.54) is 0 Å². The molecule has 0 saturated heterocycles. The molecule has 108 valence electrons. The molecule has 0 atom stereocenters. The highest BCUT2D eigenvalue weighted by Crippen LogP contribution is 2.24. The SMILES string of the molecule is NCC#Cc1ccnc(NS(=O)(=O)C2CCCCC2)c1. The van der Waals surface area contributed by atoms with Gasteiger partial charge in [-0.25, -0.2) is 13.4 Å². The van der Waals surface area contributed by atoms with Crippen molar-refractivity contribution in [1.29, 1.82) is 0 Å². The zero-order valence-corrected chi connectivity index (χ0v) is 12.1. The Balaban J connectivity index is 2.12. The van der Waals surface area contributed by atoms with Crippen LogP contribution in [0.2, 0.25) is 0 Å². The van der Waals surface area contributed by atoms with Gasteiger partial charge in [0.15, 0.2) is 0 Å². The van der Waals surface area contributed by atoms with Crippen LogP contribution in [-0.4, -0.2) is 25.2 Å². The molecule has 3 N–H and O–H groups in total. The van der Waals surface area contributed by atoms with Gasteiger partial charge >= 0.3 is 0 Å². The van der Waals surface area contributed by atoms with Crippen molar-refractivity contribution in [2.45, 2.75) is 37.4 Å². The molecular weight excluding hydrogens is 274 g/mol. The molecule has 0 amide bonds. The molecule has 0 aliphatic heterocycles. The summed E-state index contributed by atoms with van der Waals surface area (Å²) in [6.45, 7) is 0.269. The Hall–Kier alpha value is -1.58. The molecule has 20 heavy (non-hydrogen) atoms. The maximum atomic E-state index is 12.3. The molecule has 0 radical (unpaired) electrons. The Bertz CT molecular complexity index is 611. The number of aromatic nitrogens is 1. The van der Waals surface area contributed by atoms with E-state index in [0.29, 0.717) is 11.4 Å². The molecule has 0 bridgehead atoms. The van der Waals surface area contributed by atoms with Gasteiger partial charge in [0.25, 0.3) is 0 Å². The lowest BCUT2D eigenvalue weighted by molar-refractivity contribution is 0.486. The zero-order valence-electron chi connectivity index (χ0n) is 11.3. The number of hydrogen-bond donors (Lipinski definition) is 2. The molecule has 0 spiro atoms. The standard InChI is InChI=1S/C14H19N3O2S/c15-9-4-5-12-8-10-16-14(11-12)17-20(18,19)13-6-2-1-3-7-13/h8,10-11,13H,1-3,6-7,9,15H2,(H,16,17). The molecule has 0 aromatic carbocycles. The predicted octanol–water partition coefficient (Wildman–Crippen LogP) is 1.47. The van der Waals surface area contributed by atoms with Crippen molar-refractivity contribution in [1.82, 2.24) is 4.98 Å². The number of pyridine rings is 1. The van der Waals surface area contributed by atoms with Crippen LogP contribution in [0.15, 0.2) is 18.3 Å². The third-order valence-electron chi connectivity index (χ3n) is 3.33. The monoisotopic (exact) mass is 293 g/mol. The van der Waals surface area contributed by atoms with E-state index in [1.807, 2.05) is 0 Å². The summed E-state index contributed by atoms with van der Waals surface area (Å²) in [4.78, 5) is 4.04. The maximum Gasteiger partial charge on any atom is 0.236 e. The summed E-state index contributed by atoms with van der Waals surface area (Å²) in [6.07, 6.45) is 6.06. The molecule has 1 aromatic heterocycles. The minimum atomic E-state index is -3.36. The van der Waals surface area contributed by atoms with Gasteiger partial charge < -0.3 is 5.73 Å². The fourth-order valence-corrected chi connectivity index (χ4v) is 3.85. The van der Waals surface area contributed by atoms with Crippen LogP contribution < -0.4 is 10.5 Å². The number of nitrogens with zero attached hydrogens (tertiary/aromatic N) is 1. The highest BCUT2D eigenvalue weighted by molar-refractivity contribution is 7.93. The highest BCUT2D eigenvalue weighted by atomic mass is 32.2. The van der Waals surface area contributed by atoms with E-state index >= 15 is 0 Å². The molecule has 5 nitrogen and oxygen atoms in total. The van der Waals surface area contributed by atoms with Crippen LogP contribution >= 0.6 is 0 Å². The number of rotatable bonds is 3. The topological polar surface area (TPSA) is 85.1 Å². The Labute approximate surface area is 120 Å². The van der Waals surface area contributed by atoms with Crippen LogP contribution in [0, 0.1) is 11.8 Å². The average molecular weight is 293 g/mol. The summed E-state index contributed by atoms with van der Waals surface area (Å²) in [5, 5.41) is -0.308. The van der Waals surface area contributed by atoms with E-state index in [1.54, 1.807) is 18.3 Å². The van der Waals surface area contributed by atoms with Gasteiger partial charge in [-0.1, -0.05) is 31.1 Å². The summed E-state index contributed by atoms with van der Waals surface area (Å²) in [6, 6.07) is 3.35. The van der Waals surface area contributed by atoms with Crippen molar-refractivity contribution < 1.29 is 8.42 Å². The molecule has 1 saturated carbocycles. The largest absolute Gasteiger partial charge is 0.320 e. The fraction of sp³-hybridized carbons (Fsp3) is 0.500. The molecule has 6 heteroatoms. The van der Waals surface area contributed by atoms with Crippen molar-refractivity contribution >= 4 is 15.8 Å². The maximum absolute atomic E-state index is 12.3. The third kappa shape index (κ3) is 3.95. The van der Waals surface area contributed by atoms with Crippen LogP contribution in [0.4, 0.5) is 5.82 Å². The molecule has 1 aromatic rings. The van der Waals surface area contributed by atoms with E-state index in [9.17, 15) is 8.42 Å². The van der Waals surface area contributed by atoms with Crippen LogP contribution in [-0.2, 0) is 10.0 Å². The number of hydrogen-bond acceptors (Lipinski definition) is 4. The predicted molar refractivity (Wildman–Crippen MR) is 79.6 cm³/mol. The van der Waals surface area contributed by atoms with Crippen LogP contribution in [0.1, 0.15) is 37.7 Å². The Morgan fingerprint density at radius 1 is 1.35 bits per heavy atom. The summed E-state index contributed by atoms with van der Waals surface area (Å²) >= 11 is 0. The first kappa shape index (κ1) is 14.8. The van der Waals surface area contributed by atoms with E-state index in [0.717, 1.165) is 32.1 Å². The molecule has 0 unspecified atom stereocenters. The second-order valence-electron chi connectivity index (χ2n) is 4.84. The van der Waals surface area contributed by atoms with E-state index in [4.69, 9.17) is 5.73 Å². The van der Waals surface area contributed by atoms with Crippen molar-refractivity contribution in [2.75, 3.05) is 11.3 Å². The third-order valence-corrected chi connectivity index (χ3v) is 5.18. The molecule has 1 heterocycles. The molecular formula is C14H19N3O2S. The minimum absolute atomic E-state index is 0.269. The van der Waals surface area contributed by atoms with Gasteiger partial charge in [-0.2, -0.15) is 0 Å². The molecule has 2 rings (SSSR count). The van der Waals surface area contributed by atoms with Gasteiger partial charge in [0, 0.05) is 11.8 Å². The van der Waals surface area contributed by atoms with Crippen molar-refractivity contribution in [3.63, 3.8) is 0 Å². The molecule has 1 aliphatic rings. The normalized spacial score (nSPS) is 16.2. The van der Waals surface area contributed by atoms with Crippen molar-refractivity contribution in [3.8, 4) is 11.8 Å². The summed E-state index contributed by atoms with van der Waals surface area (Å²) in [7, 11) is -3.36. The Morgan fingerprint density at radius 3 is 2.80 bits per heavy atom. The van der Waals surface area contributed by atoms with Crippen LogP contribution in [0.25, 0.3) is 0 Å². The van der Waals surface area contributed by atoms with Crippen molar-refractivity contribution in [2.24, 2.45) is 5.73 Å². The van der Waals surface area contributed by atoms with Gasteiger partial charge in [0.05, 0.1) is 11.8 Å². The lowest BCUT2D eigenvalue weighted by atomic mass is 10.0. The number of nitrogens with one attached hydrogen (secondary N) is 1. The van der Waals surface area contributed by atoms with Crippen molar-refractivity contribution in [3.05, 3.63) is 23.9 Å². The molecule has 1 fully saturated rings. The lowest BCUT2D eigenvalue weighted by Gasteiger charge is -2.22. The first-order valence-electron chi connectivity index (χ1n) is 6.78. The van der Waals surface area contributed by atoms with Gasteiger partial charge in [-0.3, -0.25) is 4.72 Å². The summed E-state index contributed by atoms with van der Waals surface area (Å²) in [5.74, 6) is 5.91. The zero-order chi connectivity index (χ0) is 14.4. The quantitative estimate of drug-likeness (QED) is 0.826. The number of nitrogens with two attached hydrogens (primary N) is 1. The lowest BCUT2D eigenvalue weighted by Crippen LogP contribution is -2.30. The Kier molecular flexibility index (Phi) is 4.99. The number of sulfonamides is 1. The van der Waals surface area contributed by atoms with Crippen LogP contribution in [0.5, 0.6) is 0 Å². The molecule has 1 aliphatic carbocycles. The van der Waals surface area contributed by atoms with E-state index in [-0.39, 0.29) is 11.8 Å². The fourth-order valence-electron chi connectivity index (χ4n) is 2.32. The average Bonchev–Trinajstić information content (AvgIpc) is 2.46. The van der Waals surface area contributed by atoms with Gasteiger partial charge in [0.2, 0.25) is 10.0 Å². The first-order valence-corrected chi connectivity index (χ1v) is 8.33. The second kappa shape index (κ2) is 6.73. The summed E-state index contributed by atoms with van der Waals surface area (Å²) < 4.78 is 27.1. The van der Waals surface area contributed by atoms with Gasteiger partial charge in [-0.05, 0) is 25.0 Å². The Morgan fingerprint density at radius 2 is 2.10 bits per heavy atom. The van der Waals surface area contributed by atoms with E-state index < -0.39 is 10.0 Å².